The number of piperidine rings is 1. The molecule has 0 unspecified atom stereocenters. The molecule has 154 valence electrons. The molecule has 2 aromatic rings. The van der Waals surface area contributed by atoms with Crippen molar-refractivity contribution in [2.45, 2.75) is 38.3 Å². The van der Waals surface area contributed by atoms with E-state index in [9.17, 15) is 4.79 Å². The molecule has 2 aliphatic heterocycles. The lowest BCUT2D eigenvalue weighted by Gasteiger charge is -2.48. The Labute approximate surface area is 173 Å². The van der Waals surface area contributed by atoms with Crippen molar-refractivity contribution < 1.29 is 14.3 Å². The van der Waals surface area contributed by atoms with E-state index in [-0.39, 0.29) is 11.3 Å². The molecule has 2 aromatic carbocycles. The number of hydrogen-bond donors (Lipinski definition) is 0. The van der Waals surface area contributed by atoms with Crippen molar-refractivity contribution in [3.63, 3.8) is 0 Å². The second-order valence-corrected chi connectivity index (χ2v) is 8.23. The van der Waals surface area contributed by atoms with E-state index < -0.39 is 0 Å². The number of fused-ring (bicyclic) bond motifs is 2. The summed E-state index contributed by atoms with van der Waals surface area (Å²) in [6.07, 6.45) is 2.09. The first-order valence-corrected chi connectivity index (χ1v) is 10.3. The molecular formula is C24H30N2O3. The first-order valence-electron chi connectivity index (χ1n) is 10.3. The molecule has 1 amide bonds. The van der Waals surface area contributed by atoms with Gasteiger partial charge in [0.15, 0.2) is 0 Å². The number of likely N-dealkylation sites (tertiary alicyclic amines) is 1. The normalized spacial score (nSPS) is 18.4. The number of methoxy groups -OCH3 is 2. The Kier molecular flexibility index (Phi) is 5.50. The molecule has 4 rings (SSSR count). The van der Waals surface area contributed by atoms with Gasteiger partial charge in [-0.05, 0) is 49.2 Å². The van der Waals surface area contributed by atoms with Gasteiger partial charge in [0.2, 0.25) is 5.91 Å². The highest BCUT2D eigenvalue weighted by Crippen LogP contribution is 2.42. The Hall–Kier alpha value is -2.53. The average Bonchev–Trinajstić information content (AvgIpc) is 2.75. The summed E-state index contributed by atoms with van der Waals surface area (Å²) in [6.45, 7) is 6.02. The van der Waals surface area contributed by atoms with Crippen LogP contribution in [0.5, 0.6) is 11.5 Å². The standard InChI is InChI=1S/C24H30N2O3/c1-18(27)26-15-19-7-4-5-8-21(19)24(17-26)11-13-25(14-12-24)16-20-22(28-2)9-6-10-23(20)29-3/h4-10H,11-17H2,1-3H3. The van der Waals surface area contributed by atoms with Crippen molar-refractivity contribution in [1.82, 2.24) is 9.80 Å². The van der Waals surface area contributed by atoms with E-state index in [0.29, 0.717) is 0 Å². The molecule has 1 spiro atoms. The SMILES string of the molecule is COc1cccc(OC)c1CN1CCC2(CC1)CN(C(C)=O)Cc1ccccc12. The van der Waals surface area contributed by atoms with Crippen LogP contribution in [-0.2, 0) is 23.3 Å². The van der Waals surface area contributed by atoms with Gasteiger partial charge in [0.1, 0.15) is 11.5 Å². The molecule has 0 aliphatic carbocycles. The van der Waals surface area contributed by atoms with Crippen molar-refractivity contribution in [1.29, 1.82) is 0 Å². The largest absolute Gasteiger partial charge is 0.496 e. The molecule has 5 heteroatoms. The molecule has 29 heavy (non-hydrogen) atoms. The van der Waals surface area contributed by atoms with Crippen molar-refractivity contribution in [3.8, 4) is 11.5 Å². The molecule has 0 bridgehead atoms. The van der Waals surface area contributed by atoms with Crippen molar-refractivity contribution in [2.75, 3.05) is 33.9 Å². The lowest BCUT2D eigenvalue weighted by molar-refractivity contribution is -0.131. The summed E-state index contributed by atoms with van der Waals surface area (Å²) < 4.78 is 11.2. The second-order valence-electron chi connectivity index (χ2n) is 8.23. The van der Waals surface area contributed by atoms with Gasteiger partial charge in [-0.25, -0.2) is 0 Å². The summed E-state index contributed by atoms with van der Waals surface area (Å²) >= 11 is 0. The second kappa shape index (κ2) is 8.07. The molecule has 0 aromatic heterocycles. The van der Waals surface area contributed by atoms with Crippen LogP contribution in [0.3, 0.4) is 0 Å². The van der Waals surface area contributed by atoms with Crippen LogP contribution >= 0.6 is 0 Å². The van der Waals surface area contributed by atoms with E-state index in [4.69, 9.17) is 9.47 Å². The van der Waals surface area contributed by atoms with Crippen LogP contribution in [0.15, 0.2) is 42.5 Å². The zero-order chi connectivity index (χ0) is 20.4. The minimum absolute atomic E-state index is 0.0574. The Balaban J connectivity index is 1.55. The zero-order valence-corrected chi connectivity index (χ0v) is 17.6. The van der Waals surface area contributed by atoms with E-state index in [1.807, 2.05) is 23.1 Å². The number of rotatable bonds is 4. The predicted octanol–water partition coefficient (Wildman–Crippen LogP) is 3.60. The Morgan fingerprint density at radius 1 is 1.00 bits per heavy atom. The summed E-state index contributed by atoms with van der Waals surface area (Å²) in [7, 11) is 3.41. The zero-order valence-electron chi connectivity index (χ0n) is 17.6. The van der Waals surface area contributed by atoms with Crippen LogP contribution < -0.4 is 9.47 Å². The lowest BCUT2D eigenvalue weighted by Crippen LogP contribution is -2.52. The van der Waals surface area contributed by atoms with Crippen LogP contribution in [0.4, 0.5) is 0 Å². The fraction of sp³-hybridized carbons (Fsp3) is 0.458. The average molecular weight is 395 g/mol. The molecule has 0 saturated carbocycles. The summed E-state index contributed by atoms with van der Waals surface area (Å²) in [5.41, 5.74) is 3.89. The van der Waals surface area contributed by atoms with Gasteiger partial charge in [0.05, 0.1) is 19.8 Å². The van der Waals surface area contributed by atoms with Crippen LogP contribution in [-0.4, -0.2) is 49.6 Å². The van der Waals surface area contributed by atoms with Crippen molar-refractivity contribution >= 4 is 5.91 Å². The number of benzene rings is 2. The Bertz CT molecular complexity index is 865. The maximum atomic E-state index is 12.2. The van der Waals surface area contributed by atoms with Crippen LogP contribution in [0.25, 0.3) is 0 Å². The topological polar surface area (TPSA) is 42.0 Å². The molecule has 0 N–H and O–H groups in total. The third kappa shape index (κ3) is 3.71. The van der Waals surface area contributed by atoms with Gasteiger partial charge in [-0.2, -0.15) is 0 Å². The fourth-order valence-electron chi connectivity index (χ4n) is 4.98. The molecular weight excluding hydrogens is 364 g/mol. The van der Waals surface area contributed by atoms with Crippen LogP contribution in [0.1, 0.15) is 36.5 Å². The molecule has 0 atom stereocenters. The highest BCUT2D eigenvalue weighted by atomic mass is 16.5. The Morgan fingerprint density at radius 2 is 1.66 bits per heavy atom. The first-order chi connectivity index (χ1) is 14.1. The minimum Gasteiger partial charge on any atom is -0.496 e. The summed E-state index contributed by atoms with van der Waals surface area (Å²) in [4.78, 5) is 16.7. The summed E-state index contributed by atoms with van der Waals surface area (Å²) in [6, 6.07) is 14.6. The third-order valence-corrected chi connectivity index (χ3v) is 6.61. The Morgan fingerprint density at radius 3 is 2.28 bits per heavy atom. The summed E-state index contributed by atoms with van der Waals surface area (Å²) in [5.74, 6) is 1.91. The van der Waals surface area contributed by atoms with E-state index in [1.165, 1.54) is 11.1 Å². The minimum atomic E-state index is 0.0574. The fourth-order valence-corrected chi connectivity index (χ4v) is 4.98. The van der Waals surface area contributed by atoms with E-state index in [1.54, 1.807) is 21.1 Å². The molecule has 5 nitrogen and oxygen atoms in total. The maximum absolute atomic E-state index is 12.2. The molecule has 2 heterocycles. The van der Waals surface area contributed by atoms with Crippen LogP contribution in [0.2, 0.25) is 0 Å². The highest BCUT2D eigenvalue weighted by Gasteiger charge is 2.42. The van der Waals surface area contributed by atoms with Crippen molar-refractivity contribution in [2.24, 2.45) is 0 Å². The van der Waals surface area contributed by atoms with E-state index in [0.717, 1.165) is 62.6 Å². The smallest absolute Gasteiger partial charge is 0.219 e. The van der Waals surface area contributed by atoms with Gasteiger partial charge in [0, 0.05) is 32.0 Å². The number of carbonyl (C=O) groups excluding carboxylic acids is 1. The molecule has 0 radical (unpaired) electrons. The molecule has 1 fully saturated rings. The summed E-state index contributed by atoms with van der Waals surface area (Å²) in [5, 5.41) is 0. The highest BCUT2D eigenvalue weighted by molar-refractivity contribution is 5.74. The molecule has 2 aliphatic rings. The van der Waals surface area contributed by atoms with Gasteiger partial charge in [-0.3, -0.25) is 9.69 Å². The van der Waals surface area contributed by atoms with Crippen molar-refractivity contribution in [3.05, 3.63) is 59.2 Å². The first kappa shape index (κ1) is 19.8. The quantitative estimate of drug-likeness (QED) is 0.795. The number of hydrogen-bond acceptors (Lipinski definition) is 4. The predicted molar refractivity (Wildman–Crippen MR) is 113 cm³/mol. The lowest BCUT2D eigenvalue weighted by atomic mass is 9.68. The number of ether oxygens (including phenoxy) is 2. The number of nitrogens with zero attached hydrogens (tertiary/aromatic N) is 2. The monoisotopic (exact) mass is 394 g/mol. The molecule has 1 saturated heterocycles. The number of carbonyl (C=O) groups is 1. The van der Waals surface area contributed by atoms with Gasteiger partial charge in [-0.1, -0.05) is 30.3 Å². The van der Waals surface area contributed by atoms with Gasteiger partial charge >= 0.3 is 0 Å². The van der Waals surface area contributed by atoms with Gasteiger partial charge < -0.3 is 14.4 Å². The van der Waals surface area contributed by atoms with E-state index >= 15 is 0 Å². The van der Waals surface area contributed by atoms with Gasteiger partial charge in [0.25, 0.3) is 0 Å². The van der Waals surface area contributed by atoms with E-state index in [2.05, 4.69) is 29.2 Å². The maximum Gasteiger partial charge on any atom is 0.219 e. The third-order valence-electron chi connectivity index (χ3n) is 6.61. The van der Waals surface area contributed by atoms with Crippen LogP contribution in [0, 0.1) is 0 Å². The number of amides is 1. The van der Waals surface area contributed by atoms with Gasteiger partial charge in [-0.15, -0.1) is 0 Å².